The summed E-state index contributed by atoms with van der Waals surface area (Å²) in [5, 5.41) is -0.190. The van der Waals surface area contributed by atoms with E-state index < -0.39 is 23.1 Å². The summed E-state index contributed by atoms with van der Waals surface area (Å²) in [4.78, 5) is 33.0. The number of likely N-dealkylation sites (tertiary alicyclic amines) is 1. The molecule has 6 nitrogen and oxygen atoms in total. The lowest BCUT2D eigenvalue weighted by atomic mass is 9.82. The van der Waals surface area contributed by atoms with E-state index in [4.69, 9.17) is 5.73 Å². The van der Waals surface area contributed by atoms with Crippen LogP contribution in [0.2, 0.25) is 0 Å². The molecule has 3 N–H and O–H groups in total. The Morgan fingerprint density at radius 1 is 1.32 bits per heavy atom. The van der Waals surface area contributed by atoms with Gasteiger partial charge in [0.15, 0.2) is 5.69 Å². The zero-order valence-electron chi connectivity index (χ0n) is 18.7. The van der Waals surface area contributed by atoms with E-state index in [-0.39, 0.29) is 28.2 Å². The van der Waals surface area contributed by atoms with Crippen LogP contribution in [0.25, 0.3) is 22.2 Å². The molecule has 3 aromatic rings. The molecule has 2 aromatic heterocycles. The van der Waals surface area contributed by atoms with E-state index >= 15 is 0 Å². The molecule has 0 bridgehead atoms. The second-order valence-electron chi connectivity index (χ2n) is 8.48. The number of H-pyrrole nitrogens is 1. The number of nitrogens with one attached hydrogen (secondary N) is 1. The van der Waals surface area contributed by atoms with Crippen molar-refractivity contribution in [3.63, 3.8) is 0 Å². The minimum Gasteiger partial charge on any atom is -0.364 e. The van der Waals surface area contributed by atoms with Crippen molar-refractivity contribution in [3.8, 4) is 23.1 Å². The molecule has 1 unspecified atom stereocenters. The molecule has 176 valence electrons. The maximum atomic E-state index is 13.5. The summed E-state index contributed by atoms with van der Waals surface area (Å²) in [6.07, 6.45) is -1.71. The van der Waals surface area contributed by atoms with E-state index in [0.29, 0.717) is 30.5 Å². The number of primary amides is 1. The van der Waals surface area contributed by atoms with Crippen molar-refractivity contribution in [2.24, 2.45) is 11.1 Å². The van der Waals surface area contributed by atoms with Crippen molar-refractivity contribution in [3.05, 3.63) is 53.3 Å². The summed E-state index contributed by atoms with van der Waals surface area (Å²) >= 11 is 0. The summed E-state index contributed by atoms with van der Waals surface area (Å²) in [5.41, 5.74) is 4.64. The number of aromatic amines is 1. The Balaban J connectivity index is 1.80. The monoisotopic (exact) mass is 468 g/mol. The third-order valence-corrected chi connectivity index (χ3v) is 6.12. The SMILES string of the molecule is CCCC1(C#Cc2cccc(-c3cc4c(C(F)(F)F)c[nH]c4c(C(N)=O)n3)c2)CCN(C)C1=O. The highest BCUT2D eigenvalue weighted by Gasteiger charge is 2.43. The average Bonchev–Trinajstić information content (AvgIpc) is 3.35. The summed E-state index contributed by atoms with van der Waals surface area (Å²) in [6.45, 7) is 2.65. The molecule has 0 saturated carbocycles. The number of benzene rings is 1. The van der Waals surface area contributed by atoms with Gasteiger partial charge in [-0.15, -0.1) is 0 Å². The molecule has 0 spiro atoms. The molecule has 1 fully saturated rings. The number of carbonyl (C=O) groups is 2. The molecule has 1 aromatic carbocycles. The van der Waals surface area contributed by atoms with Crippen LogP contribution in [0, 0.1) is 17.3 Å². The number of pyridine rings is 1. The minimum atomic E-state index is -4.62. The second kappa shape index (κ2) is 8.52. The number of fused-ring (bicyclic) bond motifs is 1. The van der Waals surface area contributed by atoms with Crippen LogP contribution in [0.3, 0.4) is 0 Å². The third-order valence-electron chi connectivity index (χ3n) is 6.12. The van der Waals surface area contributed by atoms with Gasteiger partial charge in [-0.25, -0.2) is 4.98 Å². The van der Waals surface area contributed by atoms with Gasteiger partial charge >= 0.3 is 6.18 Å². The standard InChI is InChI=1S/C25H23F3N4O2/c1-3-8-24(10-11-32(2)23(24)34)9-7-15-5-4-6-16(12-15)19-13-17-18(25(26,27)28)14-30-20(17)21(31-19)22(29)33/h4-6,12-14,30H,3,8,10-11H2,1-2H3,(H2,29,33). The largest absolute Gasteiger partial charge is 0.418 e. The van der Waals surface area contributed by atoms with Crippen LogP contribution in [0.15, 0.2) is 36.5 Å². The molecule has 4 rings (SSSR count). The fourth-order valence-corrected chi connectivity index (χ4v) is 4.40. The van der Waals surface area contributed by atoms with Crippen LogP contribution >= 0.6 is 0 Å². The highest BCUT2D eigenvalue weighted by Crippen LogP contribution is 2.37. The van der Waals surface area contributed by atoms with Gasteiger partial charge in [-0.05, 0) is 31.0 Å². The summed E-state index contributed by atoms with van der Waals surface area (Å²) in [7, 11) is 1.76. The fraction of sp³-hybridized carbons (Fsp3) is 0.320. The van der Waals surface area contributed by atoms with Crippen molar-refractivity contribution in [1.29, 1.82) is 0 Å². The smallest absolute Gasteiger partial charge is 0.364 e. The first-order chi connectivity index (χ1) is 16.1. The zero-order chi connectivity index (χ0) is 24.7. The van der Waals surface area contributed by atoms with Gasteiger partial charge < -0.3 is 15.6 Å². The molecule has 1 saturated heterocycles. The molecule has 1 atom stereocenters. The molecule has 2 amide bonds. The van der Waals surface area contributed by atoms with Crippen molar-refractivity contribution in [2.75, 3.05) is 13.6 Å². The topological polar surface area (TPSA) is 92.1 Å². The lowest BCUT2D eigenvalue weighted by Crippen LogP contribution is -2.31. The quantitative estimate of drug-likeness (QED) is 0.558. The number of alkyl halides is 3. The first-order valence-electron chi connectivity index (χ1n) is 10.8. The highest BCUT2D eigenvalue weighted by atomic mass is 19.4. The van der Waals surface area contributed by atoms with Gasteiger partial charge in [-0.3, -0.25) is 9.59 Å². The predicted molar refractivity (Wildman–Crippen MR) is 122 cm³/mol. The number of hydrogen-bond acceptors (Lipinski definition) is 3. The maximum absolute atomic E-state index is 13.5. The summed E-state index contributed by atoms with van der Waals surface area (Å²) in [5.74, 6) is 5.30. The van der Waals surface area contributed by atoms with Gasteiger partial charge in [0.1, 0.15) is 5.41 Å². The third kappa shape index (κ3) is 4.12. The van der Waals surface area contributed by atoms with Gasteiger partial charge in [0, 0.05) is 36.3 Å². The van der Waals surface area contributed by atoms with E-state index in [1.165, 1.54) is 6.07 Å². The van der Waals surface area contributed by atoms with Crippen LogP contribution in [-0.4, -0.2) is 40.3 Å². The van der Waals surface area contributed by atoms with Gasteiger partial charge in [0.25, 0.3) is 5.91 Å². The normalized spacial score (nSPS) is 18.3. The number of aromatic nitrogens is 2. The van der Waals surface area contributed by atoms with E-state index in [1.54, 1.807) is 36.2 Å². The number of carbonyl (C=O) groups excluding carboxylic acids is 2. The van der Waals surface area contributed by atoms with Crippen LogP contribution in [0.5, 0.6) is 0 Å². The predicted octanol–water partition coefficient (Wildman–Crippen LogP) is 4.35. The summed E-state index contributed by atoms with van der Waals surface area (Å²) < 4.78 is 40.4. The highest BCUT2D eigenvalue weighted by molar-refractivity contribution is 6.05. The molecule has 1 aliphatic heterocycles. The van der Waals surface area contributed by atoms with Crippen LogP contribution < -0.4 is 5.73 Å². The number of rotatable bonds is 4. The van der Waals surface area contributed by atoms with Crippen molar-refractivity contribution >= 4 is 22.7 Å². The van der Waals surface area contributed by atoms with E-state index in [9.17, 15) is 22.8 Å². The number of halogens is 3. The molecule has 0 aliphatic carbocycles. The van der Waals surface area contributed by atoms with Crippen molar-refractivity contribution in [2.45, 2.75) is 32.4 Å². The Bertz CT molecular complexity index is 1350. The fourth-order valence-electron chi connectivity index (χ4n) is 4.40. The van der Waals surface area contributed by atoms with Gasteiger partial charge in [-0.1, -0.05) is 37.3 Å². The molecule has 1 aliphatic rings. The zero-order valence-corrected chi connectivity index (χ0v) is 18.7. The van der Waals surface area contributed by atoms with Crippen LogP contribution in [0.1, 0.15) is 47.8 Å². The van der Waals surface area contributed by atoms with Crippen molar-refractivity contribution < 1.29 is 22.8 Å². The van der Waals surface area contributed by atoms with Crippen LogP contribution in [-0.2, 0) is 11.0 Å². The first-order valence-corrected chi connectivity index (χ1v) is 10.8. The molecule has 0 radical (unpaired) electrons. The molecule has 3 heterocycles. The van der Waals surface area contributed by atoms with Crippen molar-refractivity contribution in [1.82, 2.24) is 14.9 Å². The first kappa shape index (κ1) is 23.4. The maximum Gasteiger partial charge on any atom is 0.418 e. The average molecular weight is 468 g/mol. The summed E-state index contributed by atoms with van der Waals surface area (Å²) in [6, 6.07) is 8.08. The minimum absolute atomic E-state index is 0.00311. The number of amides is 2. The Kier molecular flexibility index (Phi) is 5.86. The van der Waals surface area contributed by atoms with E-state index in [0.717, 1.165) is 12.6 Å². The Morgan fingerprint density at radius 2 is 2.09 bits per heavy atom. The van der Waals surface area contributed by atoms with E-state index in [2.05, 4.69) is 21.8 Å². The van der Waals surface area contributed by atoms with Crippen LogP contribution in [0.4, 0.5) is 13.2 Å². The number of hydrogen-bond donors (Lipinski definition) is 2. The van der Waals surface area contributed by atoms with E-state index in [1.807, 2.05) is 6.92 Å². The lowest BCUT2D eigenvalue weighted by molar-refractivity contribution is -0.136. The van der Waals surface area contributed by atoms with Gasteiger partial charge in [0.2, 0.25) is 5.91 Å². The molecule has 9 heteroatoms. The Morgan fingerprint density at radius 3 is 2.71 bits per heavy atom. The Hall–Kier alpha value is -3.80. The lowest BCUT2D eigenvalue weighted by Gasteiger charge is -2.20. The van der Waals surface area contributed by atoms with Gasteiger partial charge in [-0.2, -0.15) is 13.2 Å². The number of nitrogens with two attached hydrogens (primary N) is 1. The molecule has 34 heavy (non-hydrogen) atoms. The molecular weight excluding hydrogens is 445 g/mol. The molecular formula is C25H23F3N4O2. The van der Waals surface area contributed by atoms with Gasteiger partial charge in [0.05, 0.1) is 16.8 Å². The number of nitrogens with zero attached hydrogens (tertiary/aromatic N) is 2. The second-order valence-corrected chi connectivity index (χ2v) is 8.48. The Labute approximate surface area is 194 Å².